The molecule has 2 aliphatic carbocycles. The number of amides is 2. The third-order valence-electron chi connectivity index (χ3n) is 4.22. The van der Waals surface area contributed by atoms with Crippen LogP contribution in [0.3, 0.4) is 0 Å². The first kappa shape index (κ1) is 15.6. The molecule has 1 atom stereocenters. The summed E-state index contributed by atoms with van der Waals surface area (Å²) >= 11 is 0. The summed E-state index contributed by atoms with van der Waals surface area (Å²) < 4.78 is 5.19. The van der Waals surface area contributed by atoms with Gasteiger partial charge in [0, 0.05) is 12.5 Å². The second-order valence-corrected chi connectivity index (χ2v) is 6.18. The van der Waals surface area contributed by atoms with Crippen LogP contribution in [0.1, 0.15) is 42.5 Å². The van der Waals surface area contributed by atoms with Gasteiger partial charge < -0.3 is 15.4 Å². The quantitative estimate of drug-likeness (QED) is 0.793. The van der Waals surface area contributed by atoms with Crippen molar-refractivity contribution in [2.45, 2.75) is 38.1 Å². The molecule has 1 saturated carbocycles. The summed E-state index contributed by atoms with van der Waals surface area (Å²) in [5.74, 6) is 0.675. The topological polar surface area (TPSA) is 67.4 Å². The van der Waals surface area contributed by atoms with Crippen molar-refractivity contribution < 1.29 is 14.3 Å². The van der Waals surface area contributed by atoms with Crippen molar-refractivity contribution in [1.82, 2.24) is 5.32 Å². The molecule has 0 spiro atoms. The van der Waals surface area contributed by atoms with E-state index in [0.29, 0.717) is 29.3 Å². The van der Waals surface area contributed by atoms with Gasteiger partial charge in [0.05, 0.1) is 18.4 Å². The van der Waals surface area contributed by atoms with Crippen LogP contribution in [0.15, 0.2) is 30.4 Å². The minimum atomic E-state index is -0.164. The van der Waals surface area contributed by atoms with Gasteiger partial charge in [0.1, 0.15) is 5.75 Å². The third kappa shape index (κ3) is 4.12. The molecule has 5 nitrogen and oxygen atoms in total. The second kappa shape index (κ2) is 6.86. The number of anilines is 1. The molecule has 1 aromatic rings. The Morgan fingerprint density at radius 3 is 2.74 bits per heavy atom. The third-order valence-corrected chi connectivity index (χ3v) is 4.22. The van der Waals surface area contributed by atoms with Crippen molar-refractivity contribution in [3.05, 3.63) is 35.9 Å². The van der Waals surface area contributed by atoms with Gasteiger partial charge in [-0.3, -0.25) is 9.59 Å². The number of carbonyl (C=O) groups excluding carboxylic acids is 2. The predicted molar refractivity (Wildman–Crippen MR) is 88.6 cm³/mol. The number of methoxy groups -OCH3 is 1. The van der Waals surface area contributed by atoms with Gasteiger partial charge in [0.25, 0.3) is 5.91 Å². The van der Waals surface area contributed by atoms with E-state index in [1.54, 1.807) is 25.3 Å². The first-order valence-electron chi connectivity index (χ1n) is 8.11. The highest BCUT2D eigenvalue weighted by atomic mass is 16.5. The van der Waals surface area contributed by atoms with E-state index in [4.69, 9.17) is 4.74 Å². The van der Waals surface area contributed by atoms with Crippen molar-refractivity contribution in [3.63, 3.8) is 0 Å². The number of hydrogen-bond acceptors (Lipinski definition) is 3. The van der Waals surface area contributed by atoms with Gasteiger partial charge in [-0.1, -0.05) is 12.2 Å². The van der Waals surface area contributed by atoms with Crippen molar-refractivity contribution in [2.24, 2.45) is 5.92 Å². The zero-order valence-corrected chi connectivity index (χ0v) is 13.3. The summed E-state index contributed by atoms with van der Waals surface area (Å²) in [6.45, 7) is 0. The summed E-state index contributed by atoms with van der Waals surface area (Å²) in [5.41, 5.74) is 0.988. The molecule has 0 unspecified atom stereocenters. The Morgan fingerprint density at radius 2 is 2.09 bits per heavy atom. The minimum Gasteiger partial charge on any atom is -0.497 e. The van der Waals surface area contributed by atoms with Crippen molar-refractivity contribution in [1.29, 1.82) is 0 Å². The monoisotopic (exact) mass is 314 g/mol. The Bertz CT molecular complexity index is 635. The SMILES string of the molecule is COc1ccc(NC(=O)C[C@@H]2C=CCC2)c(C(=O)NC2CC2)c1. The molecule has 122 valence electrons. The van der Waals surface area contributed by atoms with E-state index in [9.17, 15) is 9.59 Å². The summed E-state index contributed by atoms with van der Waals surface area (Å²) in [7, 11) is 1.56. The second-order valence-electron chi connectivity index (χ2n) is 6.18. The molecule has 23 heavy (non-hydrogen) atoms. The average molecular weight is 314 g/mol. The zero-order chi connectivity index (χ0) is 16.2. The zero-order valence-electron chi connectivity index (χ0n) is 13.3. The lowest BCUT2D eigenvalue weighted by Gasteiger charge is -2.14. The number of hydrogen-bond donors (Lipinski definition) is 2. The largest absolute Gasteiger partial charge is 0.497 e. The number of benzene rings is 1. The molecule has 5 heteroatoms. The maximum absolute atomic E-state index is 12.4. The minimum absolute atomic E-state index is 0.0628. The highest BCUT2D eigenvalue weighted by Gasteiger charge is 2.25. The van der Waals surface area contributed by atoms with Gasteiger partial charge >= 0.3 is 0 Å². The summed E-state index contributed by atoms with van der Waals surface area (Å²) in [6, 6.07) is 5.41. The Kier molecular flexibility index (Phi) is 4.65. The molecular formula is C18H22N2O3. The van der Waals surface area contributed by atoms with Crippen LogP contribution in [0, 0.1) is 5.92 Å². The molecule has 2 aliphatic rings. The number of allylic oxidation sites excluding steroid dienone is 2. The van der Waals surface area contributed by atoms with Crippen LogP contribution < -0.4 is 15.4 Å². The molecule has 2 amide bonds. The normalized spacial score (nSPS) is 19.4. The van der Waals surface area contributed by atoms with Gasteiger partial charge in [-0.25, -0.2) is 0 Å². The van der Waals surface area contributed by atoms with Crippen LogP contribution in [0.25, 0.3) is 0 Å². The van der Waals surface area contributed by atoms with Crippen LogP contribution in [0.5, 0.6) is 5.75 Å². The number of nitrogens with one attached hydrogen (secondary N) is 2. The fourth-order valence-electron chi connectivity index (χ4n) is 2.74. The lowest BCUT2D eigenvalue weighted by molar-refractivity contribution is -0.116. The molecule has 1 fully saturated rings. The molecule has 0 radical (unpaired) electrons. The summed E-state index contributed by atoms with van der Waals surface area (Å²) in [5, 5.41) is 5.83. The maximum atomic E-state index is 12.4. The van der Waals surface area contributed by atoms with Gasteiger partial charge in [-0.05, 0) is 49.8 Å². The Morgan fingerprint density at radius 1 is 1.26 bits per heavy atom. The van der Waals surface area contributed by atoms with E-state index in [1.807, 2.05) is 0 Å². The fraction of sp³-hybridized carbons (Fsp3) is 0.444. The van der Waals surface area contributed by atoms with Gasteiger partial charge in [0.2, 0.25) is 5.91 Å². The summed E-state index contributed by atoms with van der Waals surface area (Å²) in [6.07, 6.45) is 8.75. The lowest BCUT2D eigenvalue weighted by atomic mass is 10.0. The van der Waals surface area contributed by atoms with E-state index >= 15 is 0 Å². The average Bonchev–Trinajstić information content (AvgIpc) is 3.21. The van der Waals surface area contributed by atoms with Gasteiger partial charge in [-0.2, -0.15) is 0 Å². The first-order valence-corrected chi connectivity index (χ1v) is 8.11. The summed E-state index contributed by atoms with van der Waals surface area (Å²) in [4.78, 5) is 24.6. The Balaban J connectivity index is 1.72. The van der Waals surface area contributed by atoms with E-state index in [-0.39, 0.29) is 17.9 Å². The highest BCUT2D eigenvalue weighted by molar-refractivity contribution is 6.04. The van der Waals surface area contributed by atoms with Crippen molar-refractivity contribution in [2.75, 3.05) is 12.4 Å². The van der Waals surface area contributed by atoms with Gasteiger partial charge in [-0.15, -0.1) is 0 Å². The van der Waals surface area contributed by atoms with Crippen LogP contribution in [0.4, 0.5) is 5.69 Å². The van der Waals surface area contributed by atoms with Crippen LogP contribution in [-0.4, -0.2) is 25.0 Å². The number of ether oxygens (including phenoxy) is 1. The smallest absolute Gasteiger partial charge is 0.253 e. The fourth-order valence-corrected chi connectivity index (χ4v) is 2.74. The maximum Gasteiger partial charge on any atom is 0.253 e. The molecule has 2 N–H and O–H groups in total. The molecule has 1 aromatic carbocycles. The molecule has 0 aliphatic heterocycles. The van der Waals surface area contributed by atoms with E-state index in [2.05, 4.69) is 22.8 Å². The molecule has 3 rings (SSSR count). The van der Waals surface area contributed by atoms with Crippen molar-refractivity contribution in [3.8, 4) is 5.75 Å². The molecule has 0 aromatic heterocycles. The van der Waals surface area contributed by atoms with Crippen molar-refractivity contribution >= 4 is 17.5 Å². The lowest BCUT2D eigenvalue weighted by Crippen LogP contribution is -2.27. The van der Waals surface area contributed by atoms with Crippen LogP contribution >= 0.6 is 0 Å². The van der Waals surface area contributed by atoms with Gasteiger partial charge in [0.15, 0.2) is 0 Å². The molecule has 0 heterocycles. The highest BCUT2D eigenvalue weighted by Crippen LogP contribution is 2.26. The van der Waals surface area contributed by atoms with Crippen LogP contribution in [0.2, 0.25) is 0 Å². The molecule has 0 bridgehead atoms. The molecule has 0 saturated heterocycles. The van der Waals surface area contributed by atoms with E-state index in [1.165, 1.54) is 0 Å². The van der Waals surface area contributed by atoms with Crippen LogP contribution in [-0.2, 0) is 4.79 Å². The standard InChI is InChI=1S/C18H22N2O3/c1-23-14-8-9-16(15(11-14)18(22)19-13-6-7-13)20-17(21)10-12-4-2-3-5-12/h2,4,8-9,11-13H,3,5-7,10H2,1H3,(H,19,22)(H,20,21)/t12-/m1/s1. The Labute approximate surface area is 136 Å². The Hall–Kier alpha value is -2.30. The first-order chi connectivity index (χ1) is 11.2. The van der Waals surface area contributed by atoms with E-state index in [0.717, 1.165) is 25.7 Å². The number of rotatable bonds is 6. The molecular weight excluding hydrogens is 292 g/mol. The number of carbonyl (C=O) groups is 2. The predicted octanol–water partition coefficient (Wildman–Crippen LogP) is 2.88. The van der Waals surface area contributed by atoms with E-state index < -0.39 is 0 Å².